The summed E-state index contributed by atoms with van der Waals surface area (Å²) in [4.78, 5) is 16.2. The molecule has 1 aromatic heterocycles. The molecule has 0 aromatic carbocycles. The smallest absolute Gasteiger partial charge is 0.410 e. The zero-order valence-electron chi connectivity index (χ0n) is 13.3. The van der Waals surface area contributed by atoms with E-state index >= 15 is 0 Å². The average molecular weight is 305 g/mol. The highest BCUT2D eigenvalue weighted by Gasteiger charge is 2.43. The fourth-order valence-electron chi connectivity index (χ4n) is 3.16. The number of hydrogen-bond donors (Lipinski definition) is 1. The lowest BCUT2D eigenvalue weighted by atomic mass is 10.0. The monoisotopic (exact) mass is 305 g/mol. The molecule has 1 aromatic rings. The second-order valence-corrected chi connectivity index (χ2v) is 7.13. The van der Waals surface area contributed by atoms with Crippen LogP contribution < -0.4 is 10.6 Å². The molecule has 7 heteroatoms. The molecule has 7 nitrogen and oxygen atoms in total. The first-order chi connectivity index (χ1) is 10.3. The number of amides is 1. The number of anilines is 2. The van der Waals surface area contributed by atoms with Gasteiger partial charge >= 0.3 is 6.09 Å². The maximum atomic E-state index is 12.1. The third-order valence-corrected chi connectivity index (χ3v) is 4.13. The number of carbonyl (C=O) groups excluding carboxylic acids is 1. The molecule has 2 unspecified atom stereocenters. The van der Waals surface area contributed by atoms with E-state index in [-0.39, 0.29) is 6.09 Å². The van der Waals surface area contributed by atoms with Gasteiger partial charge in [0.15, 0.2) is 5.82 Å². The first-order valence-corrected chi connectivity index (χ1v) is 7.64. The number of ether oxygens (including phenoxy) is 1. The molecule has 0 spiro atoms. The van der Waals surface area contributed by atoms with Gasteiger partial charge in [0.1, 0.15) is 11.4 Å². The highest BCUT2D eigenvalue weighted by Crippen LogP contribution is 2.33. The summed E-state index contributed by atoms with van der Waals surface area (Å²) in [5.74, 6) is 2.21. The van der Waals surface area contributed by atoms with Crippen molar-refractivity contribution >= 4 is 17.7 Å². The van der Waals surface area contributed by atoms with Gasteiger partial charge in [-0.25, -0.2) is 4.79 Å². The molecule has 2 saturated heterocycles. The lowest BCUT2D eigenvalue weighted by Crippen LogP contribution is -2.37. The first kappa shape index (κ1) is 14.9. The molecule has 3 heterocycles. The second-order valence-electron chi connectivity index (χ2n) is 7.13. The van der Waals surface area contributed by atoms with Gasteiger partial charge in [-0.3, -0.25) is 0 Å². The Morgan fingerprint density at radius 2 is 1.82 bits per heavy atom. The van der Waals surface area contributed by atoms with Crippen molar-refractivity contribution in [3.8, 4) is 0 Å². The molecule has 0 bridgehead atoms. The van der Waals surface area contributed by atoms with E-state index in [4.69, 9.17) is 10.5 Å². The minimum absolute atomic E-state index is 0.208. The Kier molecular flexibility index (Phi) is 3.58. The molecule has 2 N–H and O–H groups in total. The van der Waals surface area contributed by atoms with E-state index in [0.29, 0.717) is 17.7 Å². The summed E-state index contributed by atoms with van der Waals surface area (Å²) in [6, 6.07) is 3.67. The van der Waals surface area contributed by atoms with E-state index in [1.54, 1.807) is 6.07 Å². The molecular formula is C15H23N5O2. The van der Waals surface area contributed by atoms with Crippen molar-refractivity contribution in [2.45, 2.75) is 26.4 Å². The number of likely N-dealkylation sites (tertiary alicyclic amines) is 1. The number of nitrogen functional groups attached to an aromatic ring is 1. The molecule has 120 valence electrons. The molecular weight excluding hydrogens is 282 g/mol. The van der Waals surface area contributed by atoms with Gasteiger partial charge in [-0.1, -0.05) is 0 Å². The van der Waals surface area contributed by atoms with Crippen molar-refractivity contribution in [3.05, 3.63) is 12.1 Å². The van der Waals surface area contributed by atoms with Crippen molar-refractivity contribution < 1.29 is 9.53 Å². The predicted molar refractivity (Wildman–Crippen MR) is 83.4 cm³/mol. The van der Waals surface area contributed by atoms with Gasteiger partial charge in [-0.2, -0.15) is 0 Å². The Balaban J connectivity index is 1.58. The van der Waals surface area contributed by atoms with Gasteiger partial charge in [0, 0.05) is 38.0 Å². The van der Waals surface area contributed by atoms with Gasteiger partial charge < -0.3 is 20.3 Å². The van der Waals surface area contributed by atoms with Gasteiger partial charge in [-0.15, -0.1) is 10.2 Å². The minimum Gasteiger partial charge on any atom is -0.444 e. The van der Waals surface area contributed by atoms with Gasteiger partial charge in [0.25, 0.3) is 0 Å². The standard InChI is InChI=1S/C15H23N5O2/c1-15(2,3)22-14(21)20-8-10-6-19(7-11(10)9-20)13-5-4-12(16)17-18-13/h4-5,10-11H,6-9H2,1-3H3,(H2,16,17). The van der Waals surface area contributed by atoms with Crippen molar-refractivity contribution in [1.82, 2.24) is 15.1 Å². The van der Waals surface area contributed by atoms with Gasteiger partial charge in [0.05, 0.1) is 0 Å². The van der Waals surface area contributed by atoms with Crippen molar-refractivity contribution in [1.29, 1.82) is 0 Å². The molecule has 3 rings (SSSR count). The maximum absolute atomic E-state index is 12.1. The van der Waals surface area contributed by atoms with E-state index in [1.807, 2.05) is 31.7 Å². The molecule has 0 saturated carbocycles. The van der Waals surface area contributed by atoms with E-state index in [2.05, 4.69) is 15.1 Å². The van der Waals surface area contributed by atoms with Crippen LogP contribution in [0.3, 0.4) is 0 Å². The summed E-state index contributed by atoms with van der Waals surface area (Å²) in [7, 11) is 0. The Morgan fingerprint density at radius 3 is 2.32 bits per heavy atom. The highest BCUT2D eigenvalue weighted by atomic mass is 16.6. The van der Waals surface area contributed by atoms with Crippen molar-refractivity contribution in [2.75, 3.05) is 36.8 Å². The molecule has 2 atom stereocenters. The van der Waals surface area contributed by atoms with Crippen LogP contribution in [-0.2, 0) is 4.74 Å². The SMILES string of the molecule is CC(C)(C)OC(=O)N1CC2CN(c3ccc(N)nn3)CC2C1. The van der Waals surface area contributed by atoms with Crippen LogP contribution >= 0.6 is 0 Å². The largest absolute Gasteiger partial charge is 0.444 e. The van der Waals surface area contributed by atoms with Crippen LogP contribution in [0.5, 0.6) is 0 Å². The summed E-state index contributed by atoms with van der Waals surface area (Å²) >= 11 is 0. The molecule has 0 radical (unpaired) electrons. The number of hydrogen-bond acceptors (Lipinski definition) is 6. The fraction of sp³-hybridized carbons (Fsp3) is 0.667. The molecule has 2 fully saturated rings. The first-order valence-electron chi connectivity index (χ1n) is 7.64. The molecule has 0 aliphatic carbocycles. The van der Waals surface area contributed by atoms with Crippen LogP contribution in [0.4, 0.5) is 16.4 Å². The topological polar surface area (TPSA) is 84.6 Å². The van der Waals surface area contributed by atoms with E-state index < -0.39 is 5.60 Å². The van der Waals surface area contributed by atoms with Gasteiger partial charge in [-0.05, 0) is 32.9 Å². The van der Waals surface area contributed by atoms with E-state index in [1.165, 1.54) is 0 Å². The summed E-state index contributed by atoms with van der Waals surface area (Å²) in [5.41, 5.74) is 5.12. The summed E-state index contributed by atoms with van der Waals surface area (Å²) in [6.45, 7) is 8.96. The summed E-state index contributed by atoms with van der Waals surface area (Å²) in [5, 5.41) is 8.04. The van der Waals surface area contributed by atoms with E-state index in [9.17, 15) is 4.79 Å². The van der Waals surface area contributed by atoms with Crippen LogP contribution in [0.2, 0.25) is 0 Å². The average Bonchev–Trinajstić information content (AvgIpc) is 2.95. The quantitative estimate of drug-likeness (QED) is 0.843. The van der Waals surface area contributed by atoms with Crippen LogP contribution in [0.15, 0.2) is 12.1 Å². The molecule has 2 aliphatic heterocycles. The summed E-state index contributed by atoms with van der Waals surface area (Å²) < 4.78 is 5.45. The van der Waals surface area contributed by atoms with Crippen molar-refractivity contribution in [3.63, 3.8) is 0 Å². The van der Waals surface area contributed by atoms with E-state index in [0.717, 1.165) is 32.0 Å². The molecule has 22 heavy (non-hydrogen) atoms. The highest BCUT2D eigenvalue weighted by molar-refractivity contribution is 5.68. The number of aromatic nitrogens is 2. The summed E-state index contributed by atoms with van der Waals surface area (Å²) in [6.07, 6.45) is -0.208. The maximum Gasteiger partial charge on any atom is 0.410 e. The number of fused-ring (bicyclic) bond motifs is 1. The molecule has 1 amide bonds. The number of rotatable bonds is 1. The molecule has 2 aliphatic rings. The fourth-order valence-corrected chi connectivity index (χ4v) is 3.16. The number of nitrogens with zero attached hydrogens (tertiary/aromatic N) is 4. The zero-order chi connectivity index (χ0) is 15.9. The van der Waals surface area contributed by atoms with Crippen molar-refractivity contribution in [2.24, 2.45) is 11.8 Å². The van der Waals surface area contributed by atoms with Crippen LogP contribution in [0.1, 0.15) is 20.8 Å². The van der Waals surface area contributed by atoms with Gasteiger partial charge in [0.2, 0.25) is 0 Å². The Hall–Kier alpha value is -2.05. The zero-order valence-corrected chi connectivity index (χ0v) is 13.3. The van der Waals surface area contributed by atoms with Crippen LogP contribution in [-0.4, -0.2) is 53.0 Å². The minimum atomic E-state index is -0.444. The normalized spacial score (nSPS) is 24.5. The Bertz CT molecular complexity index is 540. The predicted octanol–water partition coefficient (Wildman–Crippen LogP) is 1.36. The third-order valence-electron chi connectivity index (χ3n) is 4.13. The Labute approximate surface area is 130 Å². The van der Waals surface area contributed by atoms with Crippen LogP contribution in [0.25, 0.3) is 0 Å². The lowest BCUT2D eigenvalue weighted by Gasteiger charge is -2.26. The lowest BCUT2D eigenvalue weighted by molar-refractivity contribution is 0.0282. The Morgan fingerprint density at radius 1 is 1.18 bits per heavy atom. The number of carbonyl (C=O) groups is 1. The second kappa shape index (κ2) is 5.30. The third kappa shape index (κ3) is 3.08. The number of nitrogens with two attached hydrogens (primary N) is 1. The van der Waals surface area contributed by atoms with Crippen LogP contribution in [0, 0.1) is 11.8 Å².